The van der Waals surface area contributed by atoms with E-state index in [2.05, 4.69) is 50.9 Å². The van der Waals surface area contributed by atoms with Crippen LogP contribution in [0.2, 0.25) is 0 Å². The number of rotatable bonds is 8. The van der Waals surface area contributed by atoms with Gasteiger partial charge in [-0.25, -0.2) is 0 Å². The predicted molar refractivity (Wildman–Crippen MR) is 92.1 cm³/mol. The smallest absolute Gasteiger partial charge is 0.122 e. The molecule has 0 heterocycles. The molecule has 0 aliphatic heterocycles. The van der Waals surface area contributed by atoms with E-state index in [1.54, 1.807) is 0 Å². The normalized spacial score (nSPS) is 13.0. The fraction of sp³-hybridized carbons (Fsp3) is 0.667. The highest BCUT2D eigenvalue weighted by Gasteiger charge is 2.19. The van der Waals surface area contributed by atoms with Crippen LogP contribution < -0.4 is 10.2 Å². The molecule has 1 aromatic carbocycles. The van der Waals surface area contributed by atoms with Gasteiger partial charge in [-0.2, -0.15) is 0 Å². The third-order valence-electron chi connectivity index (χ3n) is 4.19. The van der Waals surface area contributed by atoms with Gasteiger partial charge in [0.2, 0.25) is 0 Å². The second-order valence-corrected chi connectivity index (χ2v) is 6.27. The van der Waals surface area contributed by atoms with Crippen molar-refractivity contribution in [3.8, 4) is 5.75 Å². The van der Waals surface area contributed by atoms with Crippen molar-refractivity contribution in [1.82, 2.24) is 5.32 Å². The van der Waals surface area contributed by atoms with Gasteiger partial charge < -0.3 is 15.3 Å². The molecule has 0 radical (unpaired) electrons. The molecule has 1 aromatic rings. The van der Waals surface area contributed by atoms with Gasteiger partial charge in [-0.3, -0.25) is 0 Å². The number of anilines is 1. The molecule has 0 aliphatic carbocycles. The lowest BCUT2D eigenvalue weighted by Crippen LogP contribution is -2.37. The molecule has 2 N–H and O–H groups in total. The number of nitrogens with one attached hydrogen (secondary N) is 1. The van der Waals surface area contributed by atoms with E-state index in [1.165, 1.54) is 0 Å². The van der Waals surface area contributed by atoms with E-state index in [1.807, 2.05) is 19.2 Å². The maximum absolute atomic E-state index is 10.3. The first-order valence-electron chi connectivity index (χ1n) is 8.21. The van der Waals surface area contributed by atoms with Gasteiger partial charge in [0.05, 0.1) is 0 Å². The average molecular weight is 292 g/mol. The van der Waals surface area contributed by atoms with Gasteiger partial charge in [0, 0.05) is 35.9 Å². The van der Waals surface area contributed by atoms with Crippen molar-refractivity contribution < 1.29 is 5.11 Å². The van der Waals surface area contributed by atoms with Crippen molar-refractivity contribution in [2.24, 2.45) is 5.92 Å². The summed E-state index contributed by atoms with van der Waals surface area (Å²) in [7, 11) is 1.91. The topological polar surface area (TPSA) is 35.5 Å². The molecule has 3 heteroatoms. The summed E-state index contributed by atoms with van der Waals surface area (Å²) in [5, 5.41) is 13.5. The van der Waals surface area contributed by atoms with E-state index in [0.29, 0.717) is 17.7 Å². The molecule has 0 saturated carbocycles. The summed E-state index contributed by atoms with van der Waals surface area (Å²) in [5.74, 6) is 0.984. The molecule has 0 bridgehead atoms. The average Bonchev–Trinajstić information content (AvgIpc) is 2.46. The molecule has 3 nitrogen and oxygen atoms in total. The van der Waals surface area contributed by atoms with Gasteiger partial charge in [-0.1, -0.05) is 33.8 Å². The van der Waals surface area contributed by atoms with Crippen LogP contribution in [-0.4, -0.2) is 24.7 Å². The van der Waals surface area contributed by atoms with Gasteiger partial charge >= 0.3 is 0 Å². The summed E-state index contributed by atoms with van der Waals surface area (Å²) in [4.78, 5) is 2.44. The van der Waals surface area contributed by atoms with Crippen LogP contribution in [0.3, 0.4) is 0 Å². The summed E-state index contributed by atoms with van der Waals surface area (Å²) < 4.78 is 0. The van der Waals surface area contributed by atoms with E-state index in [0.717, 1.165) is 30.6 Å². The second-order valence-electron chi connectivity index (χ2n) is 6.27. The van der Waals surface area contributed by atoms with Gasteiger partial charge in [-0.15, -0.1) is 0 Å². The molecule has 1 rings (SSSR count). The van der Waals surface area contributed by atoms with Crippen LogP contribution in [-0.2, 0) is 0 Å². The van der Waals surface area contributed by atoms with Crippen molar-refractivity contribution in [3.63, 3.8) is 0 Å². The Labute approximate surface area is 130 Å². The highest BCUT2D eigenvalue weighted by Crippen LogP contribution is 2.31. The Hall–Kier alpha value is -1.22. The minimum atomic E-state index is 0.158. The first kappa shape index (κ1) is 17.8. The Morgan fingerprint density at radius 2 is 1.76 bits per heavy atom. The molecular weight excluding hydrogens is 260 g/mol. The summed E-state index contributed by atoms with van der Waals surface area (Å²) in [6.45, 7) is 12.0. The Kier molecular flexibility index (Phi) is 7.03. The summed E-state index contributed by atoms with van der Waals surface area (Å²) >= 11 is 0. The Morgan fingerprint density at radius 3 is 2.19 bits per heavy atom. The number of benzene rings is 1. The summed E-state index contributed by atoms with van der Waals surface area (Å²) in [6.07, 6.45) is 2.25. The fourth-order valence-corrected chi connectivity index (χ4v) is 2.82. The van der Waals surface area contributed by atoms with E-state index < -0.39 is 0 Å². The molecule has 0 spiro atoms. The Balaban J connectivity index is 3.10. The largest absolute Gasteiger partial charge is 0.508 e. The van der Waals surface area contributed by atoms with Crippen LogP contribution in [0.5, 0.6) is 5.75 Å². The number of aromatic hydroxyl groups is 1. The highest BCUT2D eigenvalue weighted by molar-refractivity contribution is 5.54. The third-order valence-corrected chi connectivity index (χ3v) is 4.19. The molecule has 1 unspecified atom stereocenters. The summed E-state index contributed by atoms with van der Waals surface area (Å²) in [5.41, 5.74) is 2.08. The molecule has 21 heavy (non-hydrogen) atoms. The van der Waals surface area contributed by atoms with E-state index >= 15 is 0 Å². The SMILES string of the molecule is CCC(CC)N(CC(C)C)c1ccc(C(C)NC)c(O)c1. The van der Waals surface area contributed by atoms with Gasteiger partial charge in [0.25, 0.3) is 0 Å². The minimum Gasteiger partial charge on any atom is -0.508 e. The van der Waals surface area contributed by atoms with Crippen LogP contribution in [0.25, 0.3) is 0 Å². The lowest BCUT2D eigenvalue weighted by molar-refractivity contribution is 0.456. The zero-order valence-corrected chi connectivity index (χ0v) is 14.5. The highest BCUT2D eigenvalue weighted by atomic mass is 16.3. The molecule has 1 atom stereocenters. The predicted octanol–water partition coefficient (Wildman–Crippen LogP) is 4.32. The van der Waals surface area contributed by atoms with Gasteiger partial charge in [0.1, 0.15) is 5.75 Å². The zero-order chi connectivity index (χ0) is 16.0. The van der Waals surface area contributed by atoms with E-state index in [9.17, 15) is 5.11 Å². The van der Waals surface area contributed by atoms with Crippen molar-refractivity contribution in [2.45, 2.75) is 59.5 Å². The van der Waals surface area contributed by atoms with Crippen molar-refractivity contribution >= 4 is 5.69 Å². The number of hydrogen-bond acceptors (Lipinski definition) is 3. The Bertz CT molecular complexity index is 427. The number of hydrogen-bond donors (Lipinski definition) is 2. The van der Waals surface area contributed by atoms with Crippen LogP contribution in [0.1, 0.15) is 59.1 Å². The van der Waals surface area contributed by atoms with Crippen LogP contribution in [0.15, 0.2) is 18.2 Å². The van der Waals surface area contributed by atoms with Crippen LogP contribution in [0, 0.1) is 5.92 Å². The maximum Gasteiger partial charge on any atom is 0.122 e. The molecule has 120 valence electrons. The third kappa shape index (κ3) is 4.63. The Morgan fingerprint density at radius 1 is 1.14 bits per heavy atom. The molecule has 0 fully saturated rings. The van der Waals surface area contributed by atoms with Crippen molar-refractivity contribution in [3.05, 3.63) is 23.8 Å². The number of phenols is 1. The first-order chi connectivity index (χ1) is 9.94. The molecule has 0 amide bonds. The molecule has 0 aliphatic rings. The van der Waals surface area contributed by atoms with Gasteiger partial charge in [0.15, 0.2) is 0 Å². The monoisotopic (exact) mass is 292 g/mol. The molecule has 0 saturated heterocycles. The first-order valence-corrected chi connectivity index (χ1v) is 8.21. The second kappa shape index (κ2) is 8.28. The van der Waals surface area contributed by atoms with Crippen molar-refractivity contribution in [1.29, 1.82) is 0 Å². The minimum absolute atomic E-state index is 0.158. The fourth-order valence-electron chi connectivity index (χ4n) is 2.82. The van der Waals surface area contributed by atoms with Crippen molar-refractivity contribution in [2.75, 3.05) is 18.5 Å². The standard InChI is InChI=1S/C18H32N2O/c1-7-15(8-2)20(12-13(3)4)16-9-10-17(14(5)19-6)18(21)11-16/h9-11,13-15,19,21H,7-8,12H2,1-6H3. The quantitative estimate of drug-likeness (QED) is 0.749. The van der Waals surface area contributed by atoms with Crippen LogP contribution in [0.4, 0.5) is 5.69 Å². The van der Waals surface area contributed by atoms with Crippen LogP contribution >= 0.6 is 0 Å². The maximum atomic E-state index is 10.3. The zero-order valence-electron chi connectivity index (χ0n) is 14.5. The lowest BCUT2D eigenvalue weighted by atomic mass is 10.0. The molecular formula is C18H32N2O. The van der Waals surface area contributed by atoms with E-state index in [4.69, 9.17) is 0 Å². The van der Waals surface area contributed by atoms with Gasteiger partial charge in [-0.05, 0) is 38.8 Å². The summed E-state index contributed by atoms with van der Waals surface area (Å²) in [6, 6.07) is 6.79. The molecule has 0 aromatic heterocycles. The van der Waals surface area contributed by atoms with E-state index in [-0.39, 0.29) is 6.04 Å². The number of nitrogens with zero attached hydrogens (tertiary/aromatic N) is 1. The number of phenolic OH excluding ortho intramolecular Hbond substituents is 1. The lowest BCUT2D eigenvalue weighted by Gasteiger charge is -2.34.